The Morgan fingerprint density at radius 2 is 2.10 bits per heavy atom. The van der Waals surface area contributed by atoms with E-state index >= 15 is 0 Å². The second-order valence-corrected chi connectivity index (χ2v) is 4.69. The van der Waals surface area contributed by atoms with Gasteiger partial charge in [0, 0.05) is 7.05 Å². The highest BCUT2D eigenvalue weighted by atomic mass is 32.2. The molecule has 0 aliphatic heterocycles. The first kappa shape index (κ1) is 14.3. The molecule has 2 N–H and O–H groups in total. The second kappa shape index (κ2) is 5.12. The molecule has 0 spiro atoms. The maximum Gasteiger partial charge on any atom is 0.433 e. The Morgan fingerprint density at radius 3 is 2.60 bits per heavy atom. The Labute approximate surface area is 115 Å². The number of alkyl halides is 3. The Balaban J connectivity index is 2.47. The molecule has 0 saturated heterocycles. The normalized spacial score (nSPS) is 11.6. The van der Waals surface area contributed by atoms with Gasteiger partial charge in [-0.25, -0.2) is 4.98 Å². The van der Waals surface area contributed by atoms with Crippen molar-refractivity contribution in [2.24, 2.45) is 12.8 Å². The monoisotopic (exact) mass is 303 g/mol. The van der Waals surface area contributed by atoms with Crippen molar-refractivity contribution in [1.82, 2.24) is 19.7 Å². The Hall–Kier alpha value is -2.10. The van der Waals surface area contributed by atoms with Gasteiger partial charge in [-0.3, -0.25) is 4.79 Å². The largest absolute Gasteiger partial charge is 0.433 e. The van der Waals surface area contributed by atoms with Gasteiger partial charge in [0.2, 0.25) is 0 Å². The number of hydrogen-bond acceptors (Lipinski definition) is 5. The van der Waals surface area contributed by atoms with Gasteiger partial charge in [0.25, 0.3) is 5.91 Å². The molecule has 2 aromatic rings. The molecular weight excluding hydrogens is 295 g/mol. The van der Waals surface area contributed by atoms with E-state index < -0.39 is 17.8 Å². The van der Waals surface area contributed by atoms with Crippen molar-refractivity contribution in [2.75, 3.05) is 0 Å². The van der Waals surface area contributed by atoms with Gasteiger partial charge >= 0.3 is 6.18 Å². The SMILES string of the molecule is Cn1cnnc1Sc1nc(C(F)(F)F)ccc1C(N)=O. The molecule has 6 nitrogen and oxygen atoms in total. The van der Waals surface area contributed by atoms with Crippen LogP contribution in [0, 0.1) is 0 Å². The fourth-order valence-corrected chi connectivity index (χ4v) is 2.19. The molecule has 2 heterocycles. The number of amides is 1. The Kier molecular flexibility index (Phi) is 3.66. The average molecular weight is 303 g/mol. The molecule has 0 radical (unpaired) electrons. The van der Waals surface area contributed by atoms with Gasteiger partial charge in [0.15, 0.2) is 5.16 Å². The average Bonchev–Trinajstić information content (AvgIpc) is 2.73. The van der Waals surface area contributed by atoms with Crippen LogP contribution >= 0.6 is 11.8 Å². The van der Waals surface area contributed by atoms with E-state index in [0.717, 1.165) is 17.8 Å². The van der Waals surface area contributed by atoms with E-state index in [2.05, 4.69) is 15.2 Å². The zero-order valence-corrected chi connectivity index (χ0v) is 10.9. The number of nitrogens with zero attached hydrogens (tertiary/aromatic N) is 4. The van der Waals surface area contributed by atoms with Gasteiger partial charge in [-0.2, -0.15) is 13.2 Å². The lowest BCUT2D eigenvalue weighted by molar-refractivity contribution is -0.141. The van der Waals surface area contributed by atoms with Crippen molar-refractivity contribution in [3.63, 3.8) is 0 Å². The Morgan fingerprint density at radius 1 is 1.40 bits per heavy atom. The van der Waals surface area contributed by atoms with Crippen LogP contribution in [0.2, 0.25) is 0 Å². The van der Waals surface area contributed by atoms with Crippen LogP contribution in [0.4, 0.5) is 13.2 Å². The summed E-state index contributed by atoms with van der Waals surface area (Å²) in [5, 5.41) is 7.42. The van der Waals surface area contributed by atoms with E-state index in [1.807, 2.05) is 0 Å². The van der Waals surface area contributed by atoms with Crippen LogP contribution in [0.1, 0.15) is 16.1 Å². The molecule has 0 unspecified atom stereocenters. The van der Waals surface area contributed by atoms with E-state index in [4.69, 9.17) is 5.73 Å². The molecule has 106 valence electrons. The quantitative estimate of drug-likeness (QED) is 0.928. The van der Waals surface area contributed by atoms with Crippen molar-refractivity contribution in [2.45, 2.75) is 16.4 Å². The van der Waals surface area contributed by atoms with Crippen LogP contribution in [0.25, 0.3) is 0 Å². The summed E-state index contributed by atoms with van der Waals surface area (Å²) in [6.45, 7) is 0. The summed E-state index contributed by atoms with van der Waals surface area (Å²) in [6, 6.07) is 1.71. The van der Waals surface area contributed by atoms with Crippen molar-refractivity contribution >= 4 is 17.7 Å². The first-order chi connectivity index (χ1) is 9.29. The van der Waals surface area contributed by atoms with Gasteiger partial charge in [0.05, 0.1) is 5.56 Å². The minimum Gasteiger partial charge on any atom is -0.366 e. The van der Waals surface area contributed by atoms with E-state index in [-0.39, 0.29) is 10.6 Å². The first-order valence-corrected chi connectivity index (χ1v) is 6.00. The second-order valence-electron chi connectivity index (χ2n) is 3.74. The lowest BCUT2D eigenvalue weighted by atomic mass is 10.2. The number of nitrogens with two attached hydrogens (primary N) is 1. The Bertz CT molecular complexity index is 655. The fraction of sp³-hybridized carbons (Fsp3) is 0.200. The standard InChI is InChI=1S/C10H8F3N5OS/c1-18-4-15-17-9(18)20-8-5(7(14)19)2-3-6(16-8)10(11,12)13/h2-4H,1H3,(H2,14,19). The van der Waals surface area contributed by atoms with E-state index in [1.165, 1.54) is 10.9 Å². The molecule has 1 amide bonds. The molecule has 0 saturated carbocycles. The van der Waals surface area contributed by atoms with Crippen molar-refractivity contribution in [3.8, 4) is 0 Å². The molecule has 0 atom stereocenters. The summed E-state index contributed by atoms with van der Waals surface area (Å²) >= 11 is 0.784. The number of aromatic nitrogens is 4. The van der Waals surface area contributed by atoms with Crippen LogP contribution in [-0.4, -0.2) is 25.7 Å². The zero-order chi connectivity index (χ0) is 14.9. The third kappa shape index (κ3) is 2.90. The molecule has 2 aromatic heterocycles. The zero-order valence-electron chi connectivity index (χ0n) is 10.0. The van der Waals surface area contributed by atoms with Crippen molar-refractivity contribution in [1.29, 1.82) is 0 Å². The van der Waals surface area contributed by atoms with Crippen LogP contribution in [-0.2, 0) is 13.2 Å². The number of aryl methyl sites for hydroxylation is 1. The predicted octanol–water partition coefficient (Wildman–Crippen LogP) is 1.48. The molecule has 0 aromatic carbocycles. The van der Waals surface area contributed by atoms with Crippen molar-refractivity contribution in [3.05, 3.63) is 29.7 Å². The number of pyridine rings is 1. The molecular formula is C10H8F3N5OS. The fourth-order valence-electron chi connectivity index (χ4n) is 1.32. The van der Waals surface area contributed by atoms with Crippen LogP contribution in [0.5, 0.6) is 0 Å². The summed E-state index contributed by atoms with van der Waals surface area (Å²) in [5.74, 6) is -0.865. The molecule has 10 heteroatoms. The highest BCUT2D eigenvalue weighted by Crippen LogP contribution is 2.32. The third-order valence-electron chi connectivity index (χ3n) is 2.27. The highest BCUT2D eigenvalue weighted by molar-refractivity contribution is 7.99. The van der Waals surface area contributed by atoms with E-state index in [9.17, 15) is 18.0 Å². The topological polar surface area (TPSA) is 86.7 Å². The van der Waals surface area contributed by atoms with Gasteiger partial charge in [-0.05, 0) is 23.9 Å². The summed E-state index contributed by atoms with van der Waals surface area (Å²) in [6.07, 6.45) is -3.23. The summed E-state index contributed by atoms with van der Waals surface area (Å²) in [7, 11) is 1.61. The smallest absolute Gasteiger partial charge is 0.366 e. The number of carbonyl (C=O) groups excluding carboxylic acids is 1. The maximum absolute atomic E-state index is 12.6. The lowest BCUT2D eigenvalue weighted by Gasteiger charge is -2.10. The summed E-state index contributed by atoms with van der Waals surface area (Å²) < 4.78 is 39.4. The van der Waals surface area contributed by atoms with E-state index in [1.54, 1.807) is 7.05 Å². The maximum atomic E-state index is 12.6. The molecule has 0 aliphatic carbocycles. The van der Waals surface area contributed by atoms with Crippen molar-refractivity contribution < 1.29 is 18.0 Å². The van der Waals surface area contributed by atoms with Gasteiger partial charge < -0.3 is 10.3 Å². The lowest BCUT2D eigenvalue weighted by Crippen LogP contribution is -2.16. The molecule has 2 rings (SSSR count). The van der Waals surface area contributed by atoms with Crippen LogP contribution < -0.4 is 5.73 Å². The third-order valence-corrected chi connectivity index (χ3v) is 3.33. The number of rotatable bonds is 3. The highest BCUT2D eigenvalue weighted by Gasteiger charge is 2.33. The molecule has 20 heavy (non-hydrogen) atoms. The van der Waals surface area contributed by atoms with Crippen LogP contribution in [0.3, 0.4) is 0 Å². The number of hydrogen-bond donors (Lipinski definition) is 1. The predicted molar refractivity (Wildman–Crippen MR) is 62.9 cm³/mol. The summed E-state index contributed by atoms with van der Waals surface area (Å²) in [5.41, 5.74) is 3.91. The number of primary amides is 1. The van der Waals surface area contributed by atoms with Gasteiger partial charge in [-0.1, -0.05) is 0 Å². The number of halogens is 3. The molecule has 0 fully saturated rings. The molecule has 0 bridgehead atoms. The number of carbonyl (C=O) groups is 1. The minimum atomic E-state index is -4.61. The molecule has 0 aliphatic rings. The van der Waals surface area contributed by atoms with E-state index in [0.29, 0.717) is 11.2 Å². The first-order valence-electron chi connectivity index (χ1n) is 5.19. The van der Waals surface area contributed by atoms with Gasteiger partial charge in [0.1, 0.15) is 17.0 Å². The minimum absolute atomic E-state index is 0.106. The van der Waals surface area contributed by atoms with Crippen LogP contribution in [0.15, 0.2) is 28.6 Å². The van der Waals surface area contributed by atoms with Gasteiger partial charge in [-0.15, -0.1) is 10.2 Å². The summed E-state index contributed by atoms with van der Waals surface area (Å²) in [4.78, 5) is 14.7.